The number of halogens is 2. The van der Waals surface area contributed by atoms with Crippen molar-refractivity contribution in [2.45, 2.75) is 51.7 Å². The van der Waals surface area contributed by atoms with Crippen LogP contribution in [-0.4, -0.2) is 29.6 Å². The predicted octanol–water partition coefficient (Wildman–Crippen LogP) is 3.32. The summed E-state index contributed by atoms with van der Waals surface area (Å²) in [7, 11) is 0. The Morgan fingerprint density at radius 3 is 2.80 bits per heavy atom. The van der Waals surface area contributed by atoms with E-state index in [2.05, 4.69) is 31.0 Å². The van der Waals surface area contributed by atoms with Gasteiger partial charge in [0.25, 0.3) is 0 Å². The summed E-state index contributed by atoms with van der Waals surface area (Å²) in [5.41, 5.74) is 0.625. The van der Waals surface area contributed by atoms with Crippen molar-refractivity contribution >= 4 is 0 Å². The molecule has 2 nitrogen and oxygen atoms in total. The summed E-state index contributed by atoms with van der Waals surface area (Å²) in [6.45, 7) is 8.93. The van der Waals surface area contributed by atoms with Crippen LogP contribution in [0.25, 0.3) is 0 Å². The first-order chi connectivity index (χ1) is 9.43. The molecule has 2 unspecified atom stereocenters. The Balaban J connectivity index is 2.16. The van der Waals surface area contributed by atoms with Crippen LogP contribution < -0.4 is 5.32 Å². The molecule has 1 N–H and O–H groups in total. The van der Waals surface area contributed by atoms with Crippen molar-refractivity contribution in [3.63, 3.8) is 0 Å². The summed E-state index contributed by atoms with van der Waals surface area (Å²) in [5.74, 6) is -0.970. The van der Waals surface area contributed by atoms with Gasteiger partial charge in [-0.2, -0.15) is 0 Å². The number of hydrogen-bond donors (Lipinski definition) is 1. The monoisotopic (exact) mass is 282 g/mol. The molecule has 1 aromatic rings. The molecule has 0 aliphatic carbocycles. The molecule has 0 saturated carbocycles. The Morgan fingerprint density at radius 2 is 2.15 bits per heavy atom. The Kier molecular flexibility index (Phi) is 4.76. The first-order valence-electron chi connectivity index (χ1n) is 7.36. The highest BCUT2D eigenvalue weighted by molar-refractivity contribution is 5.18. The lowest BCUT2D eigenvalue weighted by atomic mass is 9.98. The molecule has 2 rings (SSSR count). The summed E-state index contributed by atoms with van der Waals surface area (Å²) in [4.78, 5) is 2.29. The Bertz CT molecular complexity index is 464. The van der Waals surface area contributed by atoms with Gasteiger partial charge < -0.3 is 5.32 Å². The molecule has 1 aliphatic heterocycles. The van der Waals surface area contributed by atoms with E-state index in [1.807, 2.05) is 0 Å². The zero-order valence-electron chi connectivity index (χ0n) is 12.5. The lowest BCUT2D eigenvalue weighted by molar-refractivity contribution is 0.161. The third kappa shape index (κ3) is 3.55. The molecule has 20 heavy (non-hydrogen) atoms. The Morgan fingerprint density at radius 1 is 1.40 bits per heavy atom. The van der Waals surface area contributed by atoms with Gasteiger partial charge in [-0.25, -0.2) is 8.78 Å². The quantitative estimate of drug-likeness (QED) is 0.915. The molecule has 2 atom stereocenters. The fourth-order valence-electron chi connectivity index (χ4n) is 2.74. The number of nitrogens with one attached hydrogen (secondary N) is 1. The number of nitrogens with zero attached hydrogens (tertiary/aromatic N) is 1. The van der Waals surface area contributed by atoms with Gasteiger partial charge in [-0.3, -0.25) is 4.90 Å². The van der Waals surface area contributed by atoms with E-state index in [1.54, 1.807) is 6.07 Å². The van der Waals surface area contributed by atoms with Crippen LogP contribution in [0.1, 0.15) is 39.2 Å². The van der Waals surface area contributed by atoms with Crippen LogP contribution in [-0.2, 0) is 6.54 Å². The zero-order valence-corrected chi connectivity index (χ0v) is 12.5. The van der Waals surface area contributed by atoms with Crippen molar-refractivity contribution in [3.05, 3.63) is 35.4 Å². The molecular weight excluding hydrogens is 258 g/mol. The SMILES string of the molecule is CCC1(C)CN(Cc2ccc(F)cc2F)C(C)CCN1. The fraction of sp³-hybridized carbons (Fsp3) is 0.625. The van der Waals surface area contributed by atoms with Crippen LogP contribution >= 0.6 is 0 Å². The molecule has 0 aromatic heterocycles. The minimum absolute atomic E-state index is 0.0568. The van der Waals surface area contributed by atoms with Crippen LogP contribution in [0.4, 0.5) is 8.78 Å². The minimum atomic E-state index is -0.518. The van der Waals surface area contributed by atoms with Gasteiger partial charge in [0.1, 0.15) is 11.6 Å². The summed E-state index contributed by atoms with van der Waals surface area (Å²) >= 11 is 0. The highest BCUT2D eigenvalue weighted by Crippen LogP contribution is 2.22. The van der Waals surface area contributed by atoms with Crippen LogP contribution in [0.3, 0.4) is 0 Å². The molecule has 0 amide bonds. The second kappa shape index (κ2) is 6.19. The third-order valence-corrected chi connectivity index (χ3v) is 4.46. The van der Waals surface area contributed by atoms with E-state index in [9.17, 15) is 8.78 Å². The van der Waals surface area contributed by atoms with Gasteiger partial charge in [-0.05, 0) is 39.3 Å². The van der Waals surface area contributed by atoms with Gasteiger partial charge in [0.15, 0.2) is 0 Å². The summed E-state index contributed by atoms with van der Waals surface area (Å²) in [6.07, 6.45) is 2.07. The first-order valence-corrected chi connectivity index (χ1v) is 7.36. The average molecular weight is 282 g/mol. The molecule has 1 saturated heterocycles. The average Bonchev–Trinajstić information content (AvgIpc) is 2.54. The second-order valence-corrected chi connectivity index (χ2v) is 6.12. The van der Waals surface area contributed by atoms with Gasteiger partial charge in [0.2, 0.25) is 0 Å². The van der Waals surface area contributed by atoms with Crippen molar-refractivity contribution in [2.24, 2.45) is 0 Å². The molecule has 1 aliphatic rings. The molecule has 0 spiro atoms. The highest BCUT2D eigenvalue weighted by atomic mass is 19.1. The normalized spacial score (nSPS) is 28.4. The lowest BCUT2D eigenvalue weighted by Crippen LogP contribution is -2.49. The molecule has 4 heteroatoms. The van der Waals surface area contributed by atoms with Crippen LogP contribution in [0.5, 0.6) is 0 Å². The van der Waals surface area contributed by atoms with E-state index in [-0.39, 0.29) is 5.54 Å². The predicted molar refractivity (Wildman–Crippen MR) is 77.5 cm³/mol. The summed E-state index contributed by atoms with van der Waals surface area (Å²) < 4.78 is 26.8. The molecule has 1 heterocycles. The van der Waals surface area contributed by atoms with E-state index in [4.69, 9.17) is 0 Å². The summed E-state index contributed by atoms with van der Waals surface area (Å²) in [6, 6.07) is 4.24. The zero-order chi connectivity index (χ0) is 14.8. The van der Waals surface area contributed by atoms with Gasteiger partial charge >= 0.3 is 0 Å². The number of rotatable bonds is 3. The maximum atomic E-state index is 13.8. The van der Waals surface area contributed by atoms with E-state index in [0.717, 1.165) is 32.0 Å². The molecule has 0 radical (unpaired) electrons. The van der Waals surface area contributed by atoms with Crippen molar-refractivity contribution in [3.8, 4) is 0 Å². The topological polar surface area (TPSA) is 15.3 Å². The number of benzene rings is 1. The van der Waals surface area contributed by atoms with Crippen LogP contribution in [0.2, 0.25) is 0 Å². The Labute approximate surface area is 120 Å². The third-order valence-electron chi connectivity index (χ3n) is 4.46. The van der Waals surface area contributed by atoms with Crippen molar-refractivity contribution in [1.82, 2.24) is 10.2 Å². The molecule has 1 aromatic carbocycles. The lowest BCUT2D eigenvalue weighted by Gasteiger charge is -2.35. The first kappa shape index (κ1) is 15.4. The molecule has 0 bridgehead atoms. The highest BCUT2D eigenvalue weighted by Gasteiger charge is 2.30. The maximum absolute atomic E-state index is 13.8. The van der Waals surface area contributed by atoms with Gasteiger partial charge in [0, 0.05) is 36.3 Å². The number of hydrogen-bond acceptors (Lipinski definition) is 2. The van der Waals surface area contributed by atoms with Gasteiger partial charge in [0.05, 0.1) is 0 Å². The van der Waals surface area contributed by atoms with Crippen LogP contribution in [0.15, 0.2) is 18.2 Å². The molecular formula is C16H24F2N2. The van der Waals surface area contributed by atoms with Crippen molar-refractivity contribution in [1.29, 1.82) is 0 Å². The van der Waals surface area contributed by atoms with Crippen LogP contribution in [0, 0.1) is 11.6 Å². The standard InChI is InChI=1S/C16H24F2N2/c1-4-16(3)11-20(12(2)7-8-19-16)10-13-5-6-14(17)9-15(13)18/h5-6,9,12,19H,4,7-8,10-11H2,1-3H3. The van der Waals surface area contributed by atoms with Gasteiger partial charge in [-0.1, -0.05) is 13.0 Å². The van der Waals surface area contributed by atoms with E-state index >= 15 is 0 Å². The van der Waals surface area contributed by atoms with Crippen molar-refractivity contribution in [2.75, 3.05) is 13.1 Å². The van der Waals surface area contributed by atoms with E-state index in [1.165, 1.54) is 6.07 Å². The van der Waals surface area contributed by atoms with Crippen molar-refractivity contribution < 1.29 is 8.78 Å². The second-order valence-electron chi connectivity index (χ2n) is 6.12. The van der Waals surface area contributed by atoms with E-state index < -0.39 is 11.6 Å². The van der Waals surface area contributed by atoms with Gasteiger partial charge in [-0.15, -0.1) is 0 Å². The largest absolute Gasteiger partial charge is 0.310 e. The minimum Gasteiger partial charge on any atom is -0.310 e. The summed E-state index contributed by atoms with van der Waals surface area (Å²) in [5, 5.41) is 3.58. The molecule has 1 fully saturated rings. The molecule has 112 valence electrons. The Hall–Kier alpha value is -1.00. The fourth-order valence-corrected chi connectivity index (χ4v) is 2.74. The van der Waals surface area contributed by atoms with E-state index in [0.29, 0.717) is 18.2 Å². The smallest absolute Gasteiger partial charge is 0.130 e. The maximum Gasteiger partial charge on any atom is 0.130 e.